The van der Waals surface area contributed by atoms with E-state index in [1.165, 1.54) is 12.1 Å². The van der Waals surface area contributed by atoms with Gasteiger partial charge in [-0.1, -0.05) is 47.1 Å². The van der Waals surface area contributed by atoms with Crippen LogP contribution in [0.3, 0.4) is 0 Å². The van der Waals surface area contributed by atoms with Gasteiger partial charge < -0.3 is 14.6 Å². The molecule has 1 heterocycles. The lowest BCUT2D eigenvalue weighted by Gasteiger charge is -2.11. The fraction of sp³-hybridized carbons (Fsp3) is 0.200. The standard InChI is InChI=1S/C20H16ClF3N2O3/c1-12-17(18(26-29-12)15-7-2-3-8-16(15)21)19(27)25-10-13-5-4-6-14(9-13)28-11-20(22,23)24/h2-9H,10-11H2,1H3,(H,25,27). The van der Waals surface area contributed by atoms with Gasteiger partial charge in [-0.3, -0.25) is 4.79 Å². The largest absolute Gasteiger partial charge is 0.484 e. The molecule has 3 rings (SSSR count). The predicted molar refractivity (Wildman–Crippen MR) is 101 cm³/mol. The SMILES string of the molecule is Cc1onc(-c2ccccc2Cl)c1C(=O)NCc1cccc(OCC(F)(F)F)c1. The Labute approximate surface area is 169 Å². The number of benzene rings is 2. The van der Waals surface area contributed by atoms with Gasteiger partial charge in [0, 0.05) is 12.1 Å². The maximum atomic E-state index is 12.7. The lowest BCUT2D eigenvalue weighted by Crippen LogP contribution is -2.24. The van der Waals surface area contributed by atoms with E-state index in [4.69, 9.17) is 20.9 Å². The van der Waals surface area contributed by atoms with Crippen LogP contribution in [0.5, 0.6) is 5.75 Å². The van der Waals surface area contributed by atoms with Crippen LogP contribution < -0.4 is 10.1 Å². The first-order valence-corrected chi connectivity index (χ1v) is 8.90. The summed E-state index contributed by atoms with van der Waals surface area (Å²) in [4.78, 5) is 12.7. The highest BCUT2D eigenvalue weighted by atomic mass is 35.5. The van der Waals surface area contributed by atoms with Crippen LogP contribution in [0.2, 0.25) is 5.02 Å². The molecule has 0 radical (unpaired) electrons. The number of carbonyl (C=O) groups is 1. The third kappa shape index (κ3) is 5.29. The van der Waals surface area contributed by atoms with Gasteiger partial charge in [0.1, 0.15) is 22.8 Å². The summed E-state index contributed by atoms with van der Waals surface area (Å²) in [7, 11) is 0. The molecule has 0 unspecified atom stereocenters. The Balaban J connectivity index is 1.73. The topological polar surface area (TPSA) is 64.4 Å². The normalized spacial score (nSPS) is 11.3. The number of hydrogen-bond acceptors (Lipinski definition) is 4. The summed E-state index contributed by atoms with van der Waals surface area (Å²) in [5.74, 6) is -0.0630. The number of alkyl halides is 3. The summed E-state index contributed by atoms with van der Waals surface area (Å²) in [6.07, 6.45) is -4.43. The van der Waals surface area contributed by atoms with E-state index in [1.54, 1.807) is 43.3 Å². The smallest absolute Gasteiger partial charge is 0.422 e. The molecule has 0 spiro atoms. The fourth-order valence-electron chi connectivity index (χ4n) is 2.66. The Morgan fingerprint density at radius 2 is 1.97 bits per heavy atom. The Bertz CT molecular complexity index is 1020. The van der Waals surface area contributed by atoms with Crippen molar-refractivity contribution in [3.63, 3.8) is 0 Å². The molecule has 1 amide bonds. The van der Waals surface area contributed by atoms with E-state index >= 15 is 0 Å². The van der Waals surface area contributed by atoms with Crippen molar-refractivity contribution in [2.45, 2.75) is 19.6 Å². The lowest BCUT2D eigenvalue weighted by atomic mass is 10.1. The van der Waals surface area contributed by atoms with Gasteiger partial charge in [0.2, 0.25) is 0 Å². The minimum atomic E-state index is -4.43. The van der Waals surface area contributed by atoms with Crippen LogP contribution in [-0.4, -0.2) is 23.8 Å². The lowest BCUT2D eigenvalue weighted by molar-refractivity contribution is -0.153. The van der Waals surface area contributed by atoms with Crippen molar-refractivity contribution in [1.82, 2.24) is 10.5 Å². The van der Waals surface area contributed by atoms with Gasteiger partial charge in [-0.25, -0.2) is 0 Å². The van der Waals surface area contributed by atoms with E-state index in [-0.39, 0.29) is 17.9 Å². The minimum Gasteiger partial charge on any atom is -0.484 e. The number of aromatic nitrogens is 1. The van der Waals surface area contributed by atoms with Crippen molar-refractivity contribution in [3.05, 3.63) is 70.4 Å². The third-order valence-electron chi connectivity index (χ3n) is 3.97. The van der Waals surface area contributed by atoms with E-state index in [0.717, 1.165) is 0 Å². The maximum absolute atomic E-state index is 12.7. The second kappa shape index (κ2) is 8.57. The van der Waals surface area contributed by atoms with Gasteiger partial charge in [-0.05, 0) is 30.7 Å². The molecule has 1 aromatic heterocycles. The fourth-order valence-corrected chi connectivity index (χ4v) is 2.88. The van der Waals surface area contributed by atoms with Crippen molar-refractivity contribution >= 4 is 17.5 Å². The summed E-state index contributed by atoms with van der Waals surface area (Å²) in [6, 6.07) is 13.0. The molecule has 0 aliphatic heterocycles. The number of rotatable bonds is 6. The van der Waals surface area contributed by atoms with E-state index in [2.05, 4.69) is 10.5 Å². The van der Waals surface area contributed by atoms with Gasteiger partial charge in [0.05, 0.1) is 5.02 Å². The van der Waals surface area contributed by atoms with Crippen molar-refractivity contribution in [1.29, 1.82) is 0 Å². The molecule has 9 heteroatoms. The van der Waals surface area contributed by atoms with E-state index in [0.29, 0.717) is 27.6 Å². The Morgan fingerprint density at radius 1 is 1.21 bits per heavy atom. The van der Waals surface area contributed by atoms with Crippen LogP contribution in [0, 0.1) is 6.92 Å². The molecule has 0 bridgehead atoms. The van der Waals surface area contributed by atoms with E-state index in [1.807, 2.05) is 0 Å². The van der Waals surface area contributed by atoms with E-state index in [9.17, 15) is 18.0 Å². The molecule has 29 heavy (non-hydrogen) atoms. The first-order chi connectivity index (χ1) is 13.7. The van der Waals surface area contributed by atoms with Gasteiger partial charge in [-0.15, -0.1) is 0 Å². The maximum Gasteiger partial charge on any atom is 0.422 e. The second-order valence-electron chi connectivity index (χ2n) is 6.18. The van der Waals surface area contributed by atoms with Crippen LogP contribution >= 0.6 is 11.6 Å². The number of halogens is 4. The van der Waals surface area contributed by atoms with Crippen molar-refractivity contribution in [2.24, 2.45) is 0 Å². The average molecular weight is 425 g/mol. The zero-order valence-corrected chi connectivity index (χ0v) is 16.0. The first-order valence-electron chi connectivity index (χ1n) is 8.52. The molecule has 2 aromatic carbocycles. The monoisotopic (exact) mass is 424 g/mol. The number of carbonyl (C=O) groups excluding carboxylic acids is 1. The number of nitrogens with one attached hydrogen (secondary N) is 1. The highest BCUT2D eigenvalue weighted by Gasteiger charge is 2.28. The van der Waals surface area contributed by atoms with Crippen molar-refractivity contribution in [3.8, 4) is 17.0 Å². The number of ether oxygens (including phenoxy) is 1. The number of aryl methyl sites for hydroxylation is 1. The van der Waals surface area contributed by atoms with Crippen LogP contribution in [0.15, 0.2) is 53.1 Å². The molecule has 0 atom stereocenters. The Kier molecular flexibility index (Phi) is 6.12. The van der Waals surface area contributed by atoms with Crippen molar-refractivity contribution < 1.29 is 27.2 Å². The molecule has 3 aromatic rings. The van der Waals surface area contributed by atoms with Gasteiger partial charge >= 0.3 is 6.18 Å². The summed E-state index contributed by atoms with van der Waals surface area (Å²) < 4.78 is 46.8. The highest BCUT2D eigenvalue weighted by molar-refractivity contribution is 6.33. The Hall–Kier alpha value is -3.00. The average Bonchev–Trinajstić information content (AvgIpc) is 3.06. The van der Waals surface area contributed by atoms with Crippen LogP contribution in [0.25, 0.3) is 11.3 Å². The third-order valence-corrected chi connectivity index (χ3v) is 4.30. The molecule has 0 aliphatic rings. The number of amides is 1. The molecule has 0 aliphatic carbocycles. The van der Waals surface area contributed by atoms with Gasteiger partial charge in [0.15, 0.2) is 6.61 Å². The summed E-state index contributed by atoms with van der Waals surface area (Å²) >= 11 is 6.19. The zero-order chi connectivity index (χ0) is 21.0. The molecule has 5 nitrogen and oxygen atoms in total. The minimum absolute atomic E-state index is 0.0620. The van der Waals surface area contributed by atoms with Crippen LogP contribution in [-0.2, 0) is 6.54 Å². The van der Waals surface area contributed by atoms with Crippen LogP contribution in [0.4, 0.5) is 13.2 Å². The summed E-state index contributed by atoms with van der Waals surface area (Å²) in [6.45, 7) is 0.298. The molecule has 0 fully saturated rings. The number of hydrogen-bond donors (Lipinski definition) is 1. The summed E-state index contributed by atoms with van der Waals surface area (Å²) in [5.41, 5.74) is 1.68. The molecule has 1 N–H and O–H groups in total. The predicted octanol–water partition coefficient (Wildman–Crippen LogP) is 5.17. The first kappa shape index (κ1) is 20.7. The van der Waals surface area contributed by atoms with Crippen molar-refractivity contribution in [2.75, 3.05) is 6.61 Å². The quantitative estimate of drug-likeness (QED) is 0.592. The zero-order valence-electron chi connectivity index (χ0n) is 15.2. The molecular weight excluding hydrogens is 409 g/mol. The highest BCUT2D eigenvalue weighted by Crippen LogP contribution is 2.31. The molecular formula is C20H16ClF3N2O3. The summed E-state index contributed by atoms with van der Waals surface area (Å²) in [5, 5.41) is 7.07. The molecule has 152 valence electrons. The number of nitrogens with zero attached hydrogens (tertiary/aromatic N) is 1. The van der Waals surface area contributed by atoms with E-state index < -0.39 is 18.7 Å². The second-order valence-corrected chi connectivity index (χ2v) is 6.58. The van der Waals surface area contributed by atoms with Gasteiger partial charge in [0.25, 0.3) is 5.91 Å². The Morgan fingerprint density at radius 3 is 2.69 bits per heavy atom. The van der Waals surface area contributed by atoms with Crippen LogP contribution in [0.1, 0.15) is 21.7 Å². The van der Waals surface area contributed by atoms with Gasteiger partial charge in [-0.2, -0.15) is 13.2 Å². The molecule has 0 saturated heterocycles. The molecule has 0 saturated carbocycles.